The molecule has 0 amide bonds. The van der Waals surface area contributed by atoms with Crippen molar-refractivity contribution < 1.29 is 4.42 Å². The van der Waals surface area contributed by atoms with Crippen LogP contribution in [0.4, 0.5) is 11.1 Å². The summed E-state index contributed by atoms with van der Waals surface area (Å²) in [5, 5.41) is 10.9. The lowest BCUT2D eigenvalue weighted by atomic mass is 10.3. The Kier molecular flexibility index (Phi) is 3.38. The second-order valence-electron chi connectivity index (χ2n) is 5.19. The van der Waals surface area contributed by atoms with E-state index < -0.39 is 0 Å². The Hall–Kier alpha value is -1.86. The molecule has 8 heteroatoms. The van der Waals surface area contributed by atoms with Gasteiger partial charge in [-0.2, -0.15) is 4.98 Å². The van der Waals surface area contributed by atoms with Crippen LogP contribution in [-0.4, -0.2) is 41.4 Å². The number of halogens is 1. The van der Waals surface area contributed by atoms with E-state index in [-0.39, 0.29) is 0 Å². The van der Waals surface area contributed by atoms with Gasteiger partial charge in [-0.15, -0.1) is 10.2 Å². The standard InChI is InChI=1S/C14H14ClN5OS/c1-9-17-18-14(22-9)20-6-4-19(5-7-20)13-16-11-8-10(15)2-3-12(11)21-13/h2-3,8H,4-7H2,1H3. The minimum absolute atomic E-state index is 0.658. The van der Waals surface area contributed by atoms with E-state index in [0.717, 1.165) is 47.4 Å². The van der Waals surface area contributed by atoms with Crippen molar-refractivity contribution in [2.45, 2.75) is 6.92 Å². The second kappa shape index (κ2) is 5.40. The number of aromatic nitrogens is 3. The smallest absolute Gasteiger partial charge is 0.298 e. The molecule has 3 heterocycles. The number of piperazine rings is 1. The average molecular weight is 336 g/mol. The molecule has 1 fully saturated rings. The zero-order chi connectivity index (χ0) is 15.1. The largest absolute Gasteiger partial charge is 0.423 e. The predicted octanol–water partition coefficient (Wildman–Crippen LogP) is 2.97. The van der Waals surface area contributed by atoms with E-state index in [1.165, 1.54) is 0 Å². The zero-order valence-corrected chi connectivity index (χ0v) is 13.6. The van der Waals surface area contributed by atoms with Gasteiger partial charge in [-0.05, 0) is 25.1 Å². The third-order valence-electron chi connectivity index (χ3n) is 3.67. The SMILES string of the molecule is Cc1nnc(N2CCN(c3nc4cc(Cl)ccc4o3)CC2)s1. The molecule has 1 aromatic carbocycles. The van der Waals surface area contributed by atoms with E-state index in [1.807, 2.05) is 25.1 Å². The molecule has 0 aliphatic carbocycles. The minimum atomic E-state index is 0.658. The second-order valence-corrected chi connectivity index (χ2v) is 6.78. The third kappa shape index (κ3) is 2.50. The van der Waals surface area contributed by atoms with Gasteiger partial charge >= 0.3 is 0 Å². The minimum Gasteiger partial charge on any atom is -0.423 e. The zero-order valence-electron chi connectivity index (χ0n) is 12.0. The van der Waals surface area contributed by atoms with Gasteiger partial charge in [-0.3, -0.25) is 0 Å². The molecule has 3 aromatic rings. The molecule has 0 radical (unpaired) electrons. The Morgan fingerprint density at radius 2 is 1.91 bits per heavy atom. The number of benzene rings is 1. The Morgan fingerprint density at radius 3 is 2.64 bits per heavy atom. The van der Waals surface area contributed by atoms with Crippen LogP contribution in [0.15, 0.2) is 22.6 Å². The third-order valence-corrected chi connectivity index (χ3v) is 4.81. The molecule has 1 aliphatic heterocycles. The number of fused-ring (bicyclic) bond motifs is 1. The van der Waals surface area contributed by atoms with E-state index in [2.05, 4.69) is 25.0 Å². The van der Waals surface area contributed by atoms with Gasteiger partial charge in [-0.1, -0.05) is 22.9 Å². The fraction of sp³-hybridized carbons (Fsp3) is 0.357. The summed E-state index contributed by atoms with van der Waals surface area (Å²) in [5.74, 6) is 0. The molecule has 114 valence electrons. The number of hydrogen-bond acceptors (Lipinski definition) is 7. The van der Waals surface area contributed by atoms with Crippen molar-refractivity contribution in [2.24, 2.45) is 0 Å². The van der Waals surface area contributed by atoms with Crippen LogP contribution in [-0.2, 0) is 0 Å². The first-order chi connectivity index (χ1) is 10.7. The Bertz CT molecular complexity index is 809. The molecule has 0 unspecified atom stereocenters. The van der Waals surface area contributed by atoms with Crippen LogP contribution in [0.5, 0.6) is 0 Å². The Balaban J connectivity index is 1.50. The lowest BCUT2D eigenvalue weighted by molar-refractivity contribution is 0.541. The average Bonchev–Trinajstić information content (AvgIpc) is 3.13. The van der Waals surface area contributed by atoms with Crippen molar-refractivity contribution in [1.29, 1.82) is 0 Å². The summed E-state index contributed by atoms with van der Waals surface area (Å²) in [6.45, 7) is 5.43. The Labute approximate surface area is 136 Å². The van der Waals surface area contributed by atoms with E-state index in [0.29, 0.717) is 11.0 Å². The van der Waals surface area contributed by atoms with Gasteiger partial charge in [0.1, 0.15) is 10.5 Å². The number of aryl methyl sites for hydroxylation is 1. The van der Waals surface area contributed by atoms with Gasteiger partial charge in [0.2, 0.25) is 5.13 Å². The molecule has 0 bridgehead atoms. The molecule has 0 saturated carbocycles. The molecule has 0 spiro atoms. The molecule has 0 atom stereocenters. The normalized spacial score (nSPS) is 15.7. The molecule has 1 aliphatic rings. The van der Waals surface area contributed by atoms with Gasteiger partial charge in [-0.25, -0.2) is 0 Å². The van der Waals surface area contributed by atoms with Crippen molar-refractivity contribution in [3.63, 3.8) is 0 Å². The summed E-state index contributed by atoms with van der Waals surface area (Å²) in [4.78, 5) is 8.93. The highest BCUT2D eigenvalue weighted by Crippen LogP contribution is 2.26. The van der Waals surface area contributed by atoms with Crippen LogP contribution < -0.4 is 9.80 Å². The monoisotopic (exact) mass is 335 g/mol. The highest BCUT2D eigenvalue weighted by atomic mass is 35.5. The lowest BCUT2D eigenvalue weighted by Crippen LogP contribution is -2.46. The van der Waals surface area contributed by atoms with Crippen molar-refractivity contribution >= 4 is 45.2 Å². The van der Waals surface area contributed by atoms with Gasteiger partial charge in [0.05, 0.1) is 0 Å². The highest BCUT2D eigenvalue weighted by Gasteiger charge is 2.23. The number of nitrogens with zero attached hydrogens (tertiary/aromatic N) is 5. The first-order valence-corrected chi connectivity index (χ1v) is 8.24. The molecular weight excluding hydrogens is 322 g/mol. The van der Waals surface area contributed by atoms with Crippen LogP contribution in [0.1, 0.15) is 5.01 Å². The Morgan fingerprint density at radius 1 is 1.14 bits per heavy atom. The molecular formula is C14H14ClN5OS. The quantitative estimate of drug-likeness (QED) is 0.717. The van der Waals surface area contributed by atoms with Crippen molar-refractivity contribution in [3.05, 3.63) is 28.2 Å². The summed E-state index contributed by atoms with van der Waals surface area (Å²) < 4.78 is 5.82. The highest BCUT2D eigenvalue weighted by molar-refractivity contribution is 7.15. The first-order valence-electron chi connectivity index (χ1n) is 7.05. The number of rotatable bonds is 2. The van der Waals surface area contributed by atoms with Crippen LogP contribution in [0.3, 0.4) is 0 Å². The lowest BCUT2D eigenvalue weighted by Gasteiger charge is -2.33. The fourth-order valence-electron chi connectivity index (χ4n) is 2.53. The van der Waals surface area contributed by atoms with E-state index in [4.69, 9.17) is 16.0 Å². The molecule has 22 heavy (non-hydrogen) atoms. The van der Waals surface area contributed by atoms with Crippen LogP contribution in [0, 0.1) is 6.92 Å². The summed E-state index contributed by atoms with van der Waals surface area (Å²) in [7, 11) is 0. The summed E-state index contributed by atoms with van der Waals surface area (Å²) in [6.07, 6.45) is 0. The van der Waals surface area contributed by atoms with Gasteiger partial charge in [0, 0.05) is 31.2 Å². The predicted molar refractivity (Wildman–Crippen MR) is 88.1 cm³/mol. The number of oxazole rings is 1. The summed E-state index contributed by atoms with van der Waals surface area (Å²) >= 11 is 7.62. The molecule has 1 saturated heterocycles. The van der Waals surface area contributed by atoms with Crippen LogP contribution in [0.2, 0.25) is 5.02 Å². The van der Waals surface area contributed by atoms with Crippen molar-refractivity contribution in [3.8, 4) is 0 Å². The maximum atomic E-state index is 5.99. The van der Waals surface area contributed by atoms with E-state index in [9.17, 15) is 0 Å². The van der Waals surface area contributed by atoms with Crippen molar-refractivity contribution in [2.75, 3.05) is 36.0 Å². The fourth-order valence-corrected chi connectivity index (χ4v) is 3.43. The van der Waals surface area contributed by atoms with E-state index in [1.54, 1.807) is 11.3 Å². The van der Waals surface area contributed by atoms with Crippen molar-refractivity contribution in [1.82, 2.24) is 15.2 Å². The molecule has 0 N–H and O–H groups in total. The molecule has 6 nitrogen and oxygen atoms in total. The maximum Gasteiger partial charge on any atom is 0.298 e. The summed E-state index contributed by atoms with van der Waals surface area (Å²) in [6, 6.07) is 6.15. The van der Waals surface area contributed by atoms with Gasteiger partial charge in [0.25, 0.3) is 6.01 Å². The van der Waals surface area contributed by atoms with Crippen LogP contribution in [0.25, 0.3) is 11.1 Å². The van der Waals surface area contributed by atoms with E-state index >= 15 is 0 Å². The maximum absolute atomic E-state index is 5.99. The number of hydrogen-bond donors (Lipinski definition) is 0. The molecule has 4 rings (SSSR count). The summed E-state index contributed by atoms with van der Waals surface area (Å²) in [5.41, 5.74) is 1.56. The van der Waals surface area contributed by atoms with Gasteiger partial charge in [0.15, 0.2) is 5.58 Å². The topological polar surface area (TPSA) is 58.3 Å². The van der Waals surface area contributed by atoms with Gasteiger partial charge < -0.3 is 14.2 Å². The first kappa shape index (κ1) is 13.8. The number of anilines is 2. The molecule has 2 aromatic heterocycles. The van der Waals surface area contributed by atoms with Crippen LogP contribution >= 0.6 is 22.9 Å².